The molecule has 0 bridgehead atoms. The van der Waals surface area contributed by atoms with Gasteiger partial charge < -0.3 is 10.0 Å². The van der Waals surface area contributed by atoms with E-state index in [4.69, 9.17) is 0 Å². The third-order valence-electron chi connectivity index (χ3n) is 5.60. The lowest BCUT2D eigenvalue weighted by Crippen LogP contribution is -2.46. The van der Waals surface area contributed by atoms with Crippen LogP contribution < -0.4 is 4.90 Å². The van der Waals surface area contributed by atoms with Gasteiger partial charge in [0.1, 0.15) is 0 Å². The van der Waals surface area contributed by atoms with Gasteiger partial charge in [-0.25, -0.2) is 0 Å². The van der Waals surface area contributed by atoms with Crippen LogP contribution >= 0.6 is 0 Å². The predicted molar refractivity (Wildman–Crippen MR) is 106 cm³/mol. The third-order valence-corrected chi connectivity index (χ3v) is 5.60. The van der Waals surface area contributed by atoms with E-state index in [0.29, 0.717) is 5.92 Å². The summed E-state index contributed by atoms with van der Waals surface area (Å²) < 4.78 is 0. The largest absolute Gasteiger partial charge is 0.396 e. The maximum atomic E-state index is 10.2. The van der Waals surface area contributed by atoms with E-state index in [1.807, 2.05) is 0 Å². The number of aliphatic hydroxyl groups is 1. The molecule has 0 aliphatic carbocycles. The molecule has 1 aromatic carbocycles. The normalized spacial score (nSPS) is 20.5. The van der Waals surface area contributed by atoms with E-state index in [-0.39, 0.29) is 12.0 Å². The van der Waals surface area contributed by atoms with E-state index in [9.17, 15) is 5.11 Å². The molecule has 140 valence electrons. The Morgan fingerprint density at radius 1 is 1.12 bits per heavy atom. The molecule has 1 atom stereocenters. The van der Waals surface area contributed by atoms with Crippen LogP contribution in [0.4, 0.5) is 5.82 Å². The van der Waals surface area contributed by atoms with E-state index >= 15 is 0 Å². The maximum Gasteiger partial charge on any atom is 0.151 e. The molecule has 0 unspecified atom stereocenters. The molecular weight excluding hydrogens is 322 g/mol. The first-order valence-electron chi connectivity index (χ1n) is 9.85. The Morgan fingerprint density at radius 3 is 2.58 bits per heavy atom. The first kappa shape index (κ1) is 18.8. The minimum absolute atomic E-state index is 0.0224. The molecule has 1 fully saturated rings. The summed E-state index contributed by atoms with van der Waals surface area (Å²) in [4.78, 5) is 2.30. The molecule has 4 heteroatoms. The van der Waals surface area contributed by atoms with Crippen LogP contribution in [0.2, 0.25) is 0 Å². The minimum Gasteiger partial charge on any atom is -0.396 e. The number of aromatic nitrogens is 2. The van der Waals surface area contributed by atoms with Crippen molar-refractivity contribution in [2.24, 2.45) is 5.41 Å². The van der Waals surface area contributed by atoms with E-state index in [2.05, 4.69) is 71.4 Å². The zero-order valence-electron chi connectivity index (χ0n) is 16.1. The van der Waals surface area contributed by atoms with Gasteiger partial charge >= 0.3 is 0 Å². The molecule has 0 radical (unpaired) electrons. The summed E-state index contributed by atoms with van der Waals surface area (Å²) in [6.07, 6.45) is 5.42. The van der Waals surface area contributed by atoms with Crippen molar-refractivity contribution in [3.8, 4) is 0 Å². The van der Waals surface area contributed by atoms with Gasteiger partial charge in [0.25, 0.3) is 0 Å². The molecule has 0 amide bonds. The standard InChI is InChI=1S/C22H31N3O/c1-18(2)20-11-12-21(24-23-20)25-15-7-14-22(16-25,17-26)13-6-10-19-8-4-3-5-9-19/h3-5,8-9,11-12,18,26H,6-7,10,13-17H2,1-2H3/t22-/m0/s1. The van der Waals surface area contributed by atoms with Crippen molar-refractivity contribution >= 4 is 5.82 Å². The summed E-state index contributed by atoms with van der Waals surface area (Å²) in [5.41, 5.74) is 2.39. The van der Waals surface area contributed by atoms with Crippen LogP contribution in [-0.2, 0) is 6.42 Å². The van der Waals surface area contributed by atoms with Crippen LogP contribution in [0.1, 0.15) is 56.7 Å². The van der Waals surface area contributed by atoms with Crippen molar-refractivity contribution < 1.29 is 5.11 Å². The second-order valence-electron chi connectivity index (χ2n) is 7.99. The lowest BCUT2D eigenvalue weighted by atomic mass is 9.76. The van der Waals surface area contributed by atoms with Gasteiger partial charge in [0.05, 0.1) is 12.3 Å². The summed E-state index contributed by atoms with van der Waals surface area (Å²) in [5, 5.41) is 19.0. The Hall–Kier alpha value is -1.94. The molecule has 0 spiro atoms. The lowest BCUT2D eigenvalue weighted by Gasteiger charge is -2.42. The van der Waals surface area contributed by atoms with Crippen molar-refractivity contribution in [2.75, 3.05) is 24.6 Å². The molecule has 1 aromatic heterocycles. The highest BCUT2D eigenvalue weighted by Gasteiger charge is 2.35. The molecule has 1 N–H and O–H groups in total. The second kappa shape index (κ2) is 8.63. The first-order valence-corrected chi connectivity index (χ1v) is 9.85. The van der Waals surface area contributed by atoms with Crippen molar-refractivity contribution in [3.63, 3.8) is 0 Å². The van der Waals surface area contributed by atoms with E-state index in [1.54, 1.807) is 0 Å². The zero-order chi connectivity index (χ0) is 18.4. The Labute approximate surface area is 157 Å². The van der Waals surface area contributed by atoms with Crippen LogP contribution in [0.25, 0.3) is 0 Å². The number of benzene rings is 1. The molecule has 2 aromatic rings. The fourth-order valence-corrected chi connectivity index (χ4v) is 3.94. The minimum atomic E-state index is -0.0224. The molecular formula is C22H31N3O. The number of piperidine rings is 1. The summed E-state index contributed by atoms with van der Waals surface area (Å²) in [6.45, 7) is 6.38. The second-order valence-corrected chi connectivity index (χ2v) is 7.99. The van der Waals surface area contributed by atoms with Gasteiger partial charge in [-0.1, -0.05) is 44.2 Å². The molecule has 2 heterocycles. The van der Waals surface area contributed by atoms with Crippen LogP contribution in [0.5, 0.6) is 0 Å². The van der Waals surface area contributed by atoms with Gasteiger partial charge in [-0.15, -0.1) is 5.10 Å². The molecule has 1 aliphatic heterocycles. The number of aliphatic hydroxyl groups excluding tert-OH is 1. The average Bonchev–Trinajstić information content (AvgIpc) is 2.69. The Bertz CT molecular complexity index is 672. The van der Waals surface area contributed by atoms with Gasteiger partial charge in [-0.05, 0) is 55.7 Å². The zero-order valence-corrected chi connectivity index (χ0v) is 16.1. The lowest BCUT2D eigenvalue weighted by molar-refractivity contribution is 0.0938. The number of hydrogen-bond donors (Lipinski definition) is 1. The summed E-state index contributed by atoms with van der Waals surface area (Å²) in [5.74, 6) is 1.34. The molecule has 0 saturated carbocycles. The topological polar surface area (TPSA) is 49.2 Å². The highest BCUT2D eigenvalue weighted by Crippen LogP contribution is 2.36. The monoisotopic (exact) mass is 353 g/mol. The Morgan fingerprint density at radius 2 is 1.92 bits per heavy atom. The van der Waals surface area contributed by atoms with Gasteiger partial charge in [-0.3, -0.25) is 0 Å². The van der Waals surface area contributed by atoms with Gasteiger partial charge in [0.2, 0.25) is 0 Å². The highest BCUT2D eigenvalue weighted by molar-refractivity contribution is 5.38. The van der Waals surface area contributed by atoms with E-state index in [1.165, 1.54) is 5.56 Å². The quantitative estimate of drug-likeness (QED) is 0.810. The number of nitrogens with zero attached hydrogens (tertiary/aromatic N) is 3. The van der Waals surface area contributed by atoms with Crippen molar-refractivity contribution in [1.82, 2.24) is 10.2 Å². The fraction of sp³-hybridized carbons (Fsp3) is 0.545. The number of hydrogen-bond acceptors (Lipinski definition) is 4. The Kier molecular flexibility index (Phi) is 6.25. The van der Waals surface area contributed by atoms with Crippen molar-refractivity contribution in [3.05, 3.63) is 53.7 Å². The summed E-state index contributed by atoms with van der Waals surface area (Å²) in [6, 6.07) is 14.8. The highest BCUT2D eigenvalue weighted by atomic mass is 16.3. The van der Waals surface area contributed by atoms with E-state index < -0.39 is 0 Å². The average molecular weight is 354 g/mol. The predicted octanol–water partition coefficient (Wildman–Crippen LogP) is 4.20. The third kappa shape index (κ3) is 4.61. The molecule has 3 rings (SSSR count). The summed E-state index contributed by atoms with van der Waals surface area (Å²) >= 11 is 0. The maximum absolute atomic E-state index is 10.2. The molecule has 26 heavy (non-hydrogen) atoms. The van der Waals surface area contributed by atoms with Gasteiger partial charge in [0.15, 0.2) is 5.82 Å². The van der Waals surface area contributed by atoms with Crippen molar-refractivity contribution in [2.45, 2.75) is 51.9 Å². The molecule has 1 aliphatic rings. The van der Waals surface area contributed by atoms with Crippen LogP contribution in [0.3, 0.4) is 0 Å². The van der Waals surface area contributed by atoms with Gasteiger partial charge in [-0.2, -0.15) is 5.10 Å². The van der Waals surface area contributed by atoms with Crippen molar-refractivity contribution in [1.29, 1.82) is 0 Å². The smallest absolute Gasteiger partial charge is 0.151 e. The summed E-state index contributed by atoms with van der Waals surface area (Å²) in [7, 11) is 0. The van der Waals surface area contributed by atoms with Crippen LogP contribution in [-0.4, -0.2) is 35.0 Å². The fourth-order valence-electron chi connectivity index (χ4n) is 3.94. The number of rotatable bonds is 7. The van der Waals surface area contributed by atoms with E-state index in [0.717, 1.165) is 56.7 Å². The molecule has 4 nitrogen and oxygen atoms in total. The van der Waals surface area contributed by atoms with Crippen LogP contribution in [0, 0.1) is 5.41 Å². The first-order chi connectivity index (χ1) is 12.6. The van der Waals surface area contributed by atoms with Gasteiger partial charge in [0, 0.05) is 18.5 Å². The Balaban J connectivity index is 1.62. The molecule has 1 saturated heterocycles. The number of anilines is 1. The van der Waals surface area contributed by atoms with Crippen LogP contribution in [0.15, 0.2) is 42.5 Å². The number of aryl methyl sites for hydroxylation is 1. The SMILES string of the molecule is CC(C)c1ccc(N2CCC[C@@](CO)(CCCc3ccccc3)C2)nn1.